The van der Waals surface area contributed by atoms with Crippen molar-refractivity contribution in [2.45, 2.75) is 45.7 Å². The highest BCUT2D eigenvalue weighted by Gasteiger charge is 2.28. The summed E-state index contributed by atoms with van der Waals surface area (Å²) in [6.45, 7) is 8.27. The molecule has 1 fully saturated rings. The predicted octanol–water partition coefficient (Wildman–Crippen LogP) is 2.45. The van der Waals surface area contributed by atoms with Crippen molar-refractivity contribution < 1.29 is 0 Å². The minimum absolute atomic E-state index is 0.516. The Hall–Kier alpha value is 0.270. The van der Waals surface area contributed by atoms with Crippen LogP contribution in [0.15, 0.2) is 0 Å². The van der Waals surface area contributed by atoms with Crippen LogP contribution in [0.5, 0.6) is 0 Å². The van der Waals surface area contributed by atoms with Crippen LogP contribution in [0.25, 0.3) is 0 Å². The Morgan fingerprint density at radius 2 is 2.12 bits per heavy atom. The van der Waals surface area contributed by atoms with Gasteiger partial charge in [-0.3, -0.25) is 0 Å². The standard InChI is InChI=1S/C13H28N2S/c1-11(6-7-15(4)5)14-12-8-13(2,3)10-16-9-12/h11-12,14H,6-10H2,1-5H3. The molecule has 1 aliphatic heterocycles. The van der Waals surface area contributed by atoms with Crippen molar-refractivity contribution in [3.05, 3.63) is 0 Å². The Bertz CT molecular complexity index is 204. The smallest absolute Gasteiger partial charge is 0.0166 e. The summed E-state index contributed by atoms with van der Waals surface area (Å²) in [5, 5.41) is 3.78. The van der Waals surface area contributed by atoms with Gasteiger partial charge in [0.25, 0.3) is 0 Å². The van der Waals surface area contributed by atoms with E-state index in [4.69, 9.17) is 0 Å². The Kier molecular flexibility index (Phi) is 5.62. The second kappa shape index (κ2) is 6.27. The summed E-state index contributed by atoms with van der Waals surface area (Å²) in [4.78, 5) is 2.26. The topological polar surface area (TPSA) is 15.3 Å². The van der Waals surface area contributed by atoms with Crippen LogP contribution in [-0.4, -0.2) is 49.1 Å². The average Bonchev–Trinajstić information content (AvgIpc) is 2.13. The third kappa shape index (κ3) is 5.55. The van der Waals surface area contributed by atoms with E-state index in [1.807, 2.05) is 0 Å². The molecule has 16 heavy (non-hydrogen) atoms. The molecule has 96 valence electrons. The molecule has 0 saturated carbocycles. The molecule has 1 saturated heterocycles. The van der Waals surface area contributed by atoms with Gasteiger partial charge in [0.1, 0.15) is 0 Å². The zero-order valence-corrected chi connectivity index (χ0v) is 12.4. The number of nitrogens with zero attached hydrogens (tertiary/aromatic N) is 1. The lowest BCUT2D eigenvalue weighted by Crippen LogP contribution is -2.44. The van der Waals surface area contributed by atoms with Gasteiger partial charge < -0.3 is 10.2 Å². The van der Waals surface area contributed by atoms with Gasteiger partial charge in [-0.25, -0.2) is 0 Å². The minimum atomic E-state index is 0.516. The van der Waals surface area contributed by atoms with Crippen molar-refractivity contribution in [1.29, 1.82) is 0 Å². The number of nitrogens with one attached hydrogen (secondary N) is 1. The van der Waals surface area contributed by atoms with E-state index in [0.29, 0.717) is 17.5 Å². The van der Waals surface area contributed by atoms with E-state index < -0.39 is 0 Å². The van der Waals surface area contributed by atoms with Crippen molar-refractivity contribution in [2.24, 2.45) is 5.41 Å². The summed E-state index contributed by atoms with van der Waals surface area (Å²) in [7, 11) is 4.29. The van der Waals surface area contributed by atoms with Crippen LogP contribution in [0.2, 0.25) is 0 Å². The van der Waals surface area contributed by atoms with Gasteiger partial charge in [0.2, 0.25) is 0 Å². The molecule has 0 bridgehead atoms. The molecule has 2 nitrogen and oxygen atoms in total. The Labute approximate surface area is 106 Å². The number of rotatable bonds is 5. The van der Waals surface area contributed by atoms with Crippen LogP contribution in [0, 0.1) is 5.41 Å². The molecule has 1 heterocycles. The Morgan fingerprint density at radius 3 is 2.69 bits per heavy atom. The molecule has 1 rings (SSSR count). The summed E-state index contributed by atoms with van der Waals surface area (Å²) in [5.74, 6) is 2.60. The summed E-state index contributed by atoms with van der Waals surface area (Å²) >= 11 is 2.10. The maximum atomic E-state index is 3.78. The van der Waals surface area contributed by atoms with Gasteiger partial charge in [0, 0.05) is 17.8 Å². The fourth-order valence-corrected chi connectivity index (χ4v) is 3.59. The predicted molar refractivity (Wildman–Crippen MR) is 75.3 cm³/mol. The first kappa shape index (κ1) is 14.3. The molecule has 1 aliphatic rings. The second-order valence-electron chi connectivity index (χ2n) is 6.24. The van der Waals surface area contributed by atoms with Crippen LogP contribution < -0.4 is 5.32 Å². The van der Waals surface area contributed by atoms with E-state index in [1.54, 1.807) is 0 Å². The highest BCUT2D eigenvalue weighted by molar-refractivity contribution is 7.99. The van der Waals surface area contributed by atoms with E-state index in [0.717, 1.165) is 0 Å². The number of hydrogen-bond acceptors (Lipinski definition) is 3. The summed E-state index contributed by atoms with van der Waals surface area (Å²) in [5.41, 5.74) is 0.516. The van der Waals surface area contributed by atoms with Crippen molar-refractivity contribution in [3.63, 3.8) is 0 Å². The molecular formula is C13H28N2S. The van der Waals surface area contributed by atoms with Gasteiger partial charge in [0.05, 0.1) is 0 Å². The first-order valence-electron chi connectivity index (χ1n) is 6.37. The third-order valence-electron chi connectivity index (χ3n) is 3.14. The largest absolute Gasteiger partial charge is 0.311 e. The lowest BCUT2D eigenvalue weighted by molar-refractivity contribution is 0.289. The van der Waals surface area contributed by atoms with Crippen molar-refractivity contribution in [1.82, 2.24) is 10.2 Å². The van der Waals surface area contributed by atoms with E-state index in [9.17, 15) is 0 Å². The van der Waals surface area contributed by atoms with Crippen LogP contribution in [-0.2, 0) is 0 Å². The van der Waals surface area contributed by atoms with E-state index in [2.05, 4.69) is 56.8 Å². The molecule has 1 N–H and O–H groups in total. The molecule has 0 aliphatic carbocycles. The maximum Gasteiger partial charge on any atom is 0.0166 e. The lowest BCUT2D eigenvalue weighted by atomic mass is 9.87. The van der Waals surface area contributed by atoms with Gasteiger partial charge in [-0.1, -0.05) is 13.8 Å². The SMILES string of the molecule is CC(CCN(C)C)NC1CSCC(C)(C)C1. The van der Waals surface area contributed by atoms with Crippen molar-refractivity contribution in [3.8, 4) is 0 Å². The molecule has 3 heteroatoms. The summed E-state index contributed by atoms with van der Waals surface area (Å²) in [6, 6.07) is 1.35. The second-order valence-corrected chi connectivity index (χ2v) is 7.27. The fourth-order valence-electron chi connectivity index (χ4n) is 2.31. The van der Waals surface area contributed by atoms with E-state index in [-0.39, 0.29) is 0 Å². The molecule has 0 aromatic rings. The monoisotopic (exact) mass is 244 g/mol. The van der Waals surface area contributed by atoms with Crippen molar-refractivity contribution in [2.75, 3.05) is 32.1 Å². The highest BCUT2D eigenvalue weighted by atomic mass is 32.2. The van der Waals surface area contributed by atoms with Gasteiger partial charge >= 0.3 is 0 Å². The first-order chi connectivity index (χ1) is 7.39. The molecule has 2 atom stereocenters. The Morgan fingerprint density at radius 1 is 1.44 bits per heavy atom. The van der Waals surface area contributed by atoms with Gasteiger partial charge in [-0.15, -0.1) is 0 Å². The Balaban J connectivity index is 2.25. The molecule has 0 aromatic heterocycles. The average molecular weight is 244 g/mol. The molecule has 0 radical (unpaired) electrons. The zero-order chi connectivity index (χ0) is 12.2. The van der Waals surface area contributed by atoms with Gasteiger partial charge in [-0.05, 0) is 51.6 Å². The molecule has 0 aromatic carbocycles. The summed E-state index contributed by atoms with van der Waals surface area (Å²) < 4.78 is 0. The molecule has 2 unspecified atom stereocenters. The molecular weight excluding hydrogens is 216 g/mol. The normalized spacial score (nSPS) is 27.0. The zero-order valence-electron chi connectivity index (χ0n) is 11.5. The van der Waals surface area contributed by atoms with E-state index >= 15 is 0 Å². The van der Waals surface area contributed by atoms with Crippen LogP contribution in [0.1, 0.15) is 33.6 Å². The van der Waals surface area contributed by atoms with Crippen LogP contribution in [0.3, 0.4) is 0 Å². The fraction of sp³-hybridized carbons (Fsp3) is 1.00. The summed E-state index contributed by atoms with van der Waals surface area (Å²) in [6.07, 6.45) is 2.57. The van der Waals surface area contributed by atoms with Crippen LogP contribution in [0.4, 0.5) is 0 Å². The first-order valence-corrected chi connectivity index (χ1v) is 7.53. The number of hydrogen-bond donors (Lipinski definition) is 1. The lowest BCUT2D eigenvalue weighted by Gasteiger charge is -2.36. The third-order valence-corrected chi connectivity index (χ3v) is 4.76. The van der Waals surface area contributed by atoms with Gasteiger partial charge in [0.15, 0.2) is 0 Å². The maximum absolute atomic E-state index is 3.78. The van der Waals surface area contributed by atoms with Crippen molar-refractivity contribution >= 4 is 11.8 Å². The number of thioether (sulfide) groups is 1. The molecule has 0 spiro atoms. The van der Waals surface area contributed by atoms with Gasteiger partial charge in [-0.2, -0.15) is 11.8 Å². The minimum Gasteiger partial charge on any atom is -0.311 e. The van der Waals surface area contributed by atoms with E-state index in [1.165, 1.54) is 30.9 Å². The van der Waals surface area contributed by atoms with Crippen LogP contribution >= 0.6 is 11.8 Å². The quantitative estimate of drug-likeness (QED) is 0.800. The highest BCUT2D eigenvalue weighted by Crippen LogP contribution is 2.33. The molecule has 0 amide bonds.